The molecule has 6 heteroatoms. The van der Waals surface area contributed by atoms with Crippen LogP contribution in [0.4, 0.5) is 10.7 Å². The minimum absolute atomic E-state index is 0.0159. The van der Waals surface area contributed by atoms with Gasteiger partial charge in [0, 0.05) is 6.07 Å². The zero-order valence-corrected chi connectivity index (χ0v) is 8.40. The highest BCUT2D eigenvalue weighted by molar-refractivity contribution is 5.82. The Morgan fingerprint density at radius 1 is 1.53 bits per heavy atom. The maximum Gasteiger partial charge on any atom is 0.413 e. The first-order chi connectivity index (χ1) is 7.15. The molecule has 1 amide bonds. The van der Waals surface area contributed by atoms with Gasteiger partial charge in [-0.2, -0.15) is 0 Å². The van der Waals surface area contributed by atoms with E-state index in [0.29, 0.717) is 5.75 Å². The summed E-state index contributed by atoms with van der Waals surface area (Å²) in [6, 6.07) is 2.54. The summed E-state index contributed by atoms with van der Waals surface area (Å²) in [7, 11) is 1.41. The highest BCUT2D eigenvalue weighted by Gasteiger charge is 2.06. The smallest absolute Gasteiger partial charge is 0.413 e. The largest absolute Gasteiger partial charge is 0.496 e. The second kappa shape index (κ2) is 5.04. The van der Waals surface area contributed by atoms with Crippen LogP contribution in [0.1, 0.15) is 6.92 Å². The molecule has 15 heavy (non-hydrogen) atoms. The highest BCUT2D eigenvalue weighted by atomic mass is 16.6. The van der Waals surface area contributed by atoms with Crippen molar-refractivity contribution >= 4 is 12.0 Å². The van der Waals surface area contributed by atoms with Gasteiger partial charge in [-0.1, -0.05) is 0 Å². The van der Waals surface area contributed by atoms with Crippen LogP contribution < -0.4 is 15.7 Å². The van der Waals surface area contributed by atoms with E-state index in [9.17, 15) is 9.59 Å². The van der Waals surface area contributed by atoms with Crippen LogP contribution in [-0.4, -0.2) is 19.8 Å². The second-order valence-corrected chi connectivity index (χ2v) is 2.53. The third kappa shape index (κ3) is 3.34. The fourth-order valence-corrected chi connectivity index (χ4v) is 0.902. The molecule has 0 bridgehead atoms. The van der Waals surface area contributed by atoms with Crippen molar-refractivity contribution in [1.29, 1.82) is 0 Å². The molecule has 0 aliphatic heterocycles. The van der Waals surface area contributed by atoms with Crippen LogP contribution >= 0.6 is 0 Å². The number of rotatable bonds is 3. The van der Waals surface area contributed by atoms with Crippen LogP contribution in [0.3, 0.4) is 0 Å². The molecular formula is C9H11NO5. The molecule has 0 saturated heterocycles. The predicted octanol–water partition coefficient (Wildman–Crippen LogP) is 1.22. The third-order valence-electron chi connectivity index (χ3n) is 1.48. The van der Waals surface area contributed by atoms with Gasteiger partial charge in [0.15, 0.2) is 0 Å². The summed E-state index contributed by atoms with van der Waals surface area (Å²) in [5.74, 6) is 0.288. The SMILES string of the molecule is CCOC(=O)Nc1cc(OC)cc(=O)o1. The van der Waals surface area contributed by atoms with Crippen molar-refractivity contribution in [3.8, 4) is 5.75 Å². The zero-order valence-electron chi connectivity index (χ0n) is 8.40. The average Bonchev–Trinajstić information content (AvgIpc) is 2.17. The van der Waals surface area contributed by atoms with Crippen molar-refractivity contribution in [1.82, 2.24) is 0 Å². The van der Waals surface area contributed by atoms with Gasteiger partial charge in [-0.25, -0.2) is 9.59 Å². The van der Waals surface area contributed by atoms with Crippen LogP contribution in [0.2, 0.25) is 0 Å². The van der Waals surface area contributed by atoms with Crippen LogP contribution in [0.25, 0.3) is 0 Å². The third-order valence-corrected chi connectivity index (χ3v) is 1.48. The Kier molecular flexibility index (Phi) is 3.73. The number of amides is 1. The van der Waals surface area contributed by atoms with Crippen molar-refractivity contribution in [2.75, 3.05) is 19.0 Å². The van der Waals surface area contributed by atoms with Gasteiger partial charge in [-0.3, -0.25) is 5.32 Å². The van der Waals surface area contributed by atoms with E-state index in [-0.39, 0.29) is 12.5 Å². The van der Waals surface area contributed by atoms with Gasteiger partial charge in [0.25, 0.3) is 0 Å². The number of ether oxygens (including phenoxy) is 2. The highest BCUT2D eigenvalue weighted by Crippen LogP contribution is 2.13. The van der Waals surface area contributed by atoms with E-state index < -0.39 is 11.7 Å². The van der Waals surface area contributed by atoms with E-state index in [4.69, 9.17) is 4.74 Å². The van der Waals surface area contributed by atoms with Crippen molar-refractivity contribution in [3.63, 3.8) is 0 Å². The molecule has 0 radical (unpaired) electrons. The van der Waals surface area contributed by atoms with Crippen molar-refractivity contribution in [3.05, 3.63) is 22.6 Å². The second-order valence-electron chi connectivity index (χ2n) is 2.53. The molecule has 0 atom stereocenters. The summed E-state index contributed by atoms with van der Waals surface area (Å²) >= 11 is 0. The number of carbonyl (C=O) groups excluding carboxylic acids is 1. The molecule has 1 N–H and O–H groups in total. The van der Waals surface area contributed by atoms with Gasteiger partial charge in [-0.15, -0.1) is 0 Å². The maximum absolute atomic E-state index is 11.0. The standard InChI is InChI=1S/C9H11NO5/c1-3-14-9(12)10-7-4-6(13-2)5-8(11)15-7/h4-5H,3H2,1-2H3,(H,10,12). The number of carbonyl (C=O) groups is 1. The van der Waals surface area contributed by atoms with Gasteiger partial charge in [0.1, 0.15) is 5.75 Å². The zero-order chi connectivity index (χ0) is 11.3. The van der Waals surface area contributed by atoms with E-state index in [1.807, 2.05) is 0 Å². The molecule has 0 spiro atoms. The summed E-state index contributed by atoms with van der Waals surface area (Å²) in [4.78, 5) is 22.0. The van der Waals surface area contributed by atoms with Crippen molar-refractivity contribution < 1.29 is 18.7 Å². The minimum atomic E-state index is -0.686. The van der Waals surface area contributed by atoms with Crippen molar-refractivity contribution in [2.45, 2.75) is 6.92 Å². The molecule has 0 fully saturated rings. The van der Waals surface area contributed by atoms with Crippen LogP contribution in [0.15, 0.2) is 21.3 Å². The lowest BCUT2D eigenvalue weighted by Gasteiger charge is -2.04. The number of anilines is 1. The Bertz CT molecular complexity index is 398. The van der Waals surface area contributed by atoms with Gasteiger partial charge in [0.2, 0.25) is 5.88 Å². The molecule has 0 aliphatic rings. The van der Waals surface area contributed by atoms with E-state index in [2.05, 4.69) is 14.5 Å². The summed E-state index contributed by atoms with van der Waals surface area (Å²) < 4.78 is 14.1. The molecule has 0 saturated carbocycles. The summed E-state index contributed by atoms with van der Waals surface area (Å²) in [6.45, 7) is 1.90. The molecule has 6 nitrogen and oxygen atoms in total. The predicted molar refractivity (Wildman–Crippen MR) is 52.2 cm³/mol. The first kappa shape index (κ1) is 11.1. The molecule has 1 rings (SSSR count). The van der Waals surface area contributed by atoms with E-state index in [0.717, 1.165) is 6.07 Å². The first-order valence-corrected chi connectivity index (χ1v) is 4.28. The van der Waals surface area contributed by atoms with Gasteiger partial charge < -0.3 is 13.9 Å². The Morgan fingerprint density at radius 3 is 2.87 bits per heavy atom. The quantitative estimate of drug-likeness (QED) is 0.816. The Morgan fingerprint density at radius 2 is 2.27 bits per heavy atom. The summed E-state index contributed by atoms with van der Waals surface area (Å²) in [5, 5.41) is 2.25. The van der Waals surface area contributed by atoms with Crippen molar-refractivity contribution in [2.24, 2.45) is 0 Å². The number of hydrogen-bond donors (Lipinski definition) is 1. The monoisotopic (exact) mass is 213 g/mol. The molecule has 0 unspecified atom stereocenters. The Balaban J connectivity index is 2.81. The van der Waals surface area contributed by atoms with Gasteiger partial charge >= 0.3 is 11.7 Å². The number of nitrogens with one attached hydrogen (secondary N) is 1. The molecule has 0 aliphatic carbocycles. The summed E-state index contributed by atoms with van der Waals surface area (Å²) in [5.41, 5.74) is -0.610. The van der Waals surface area contributed by atoms with Crippen LogP contribution in [0, 0.1) is 0 Å². The van der Waals surface area contributed by atoms with Crippen LogP contribution in [0.5, 0.6) is 5.75 Å². The first-order valence-electron chi connectivity index (χ1n) is 4.28. The Hall–Kier alpha value is -1.98. The van der Waals surface area contributed by atoms with Crippen LogP contribution in [-0.2, 0) is 4.74 Å². The van der Waals surface area contributed by atoms with Gasteiger partial charge in [-0.05, 0) is 6.92 Å². The molecule has 82 valence electrons. The normalized spacial score (nSPS) is 9.47. The number of methoxy groups -OCH3 is 1. The lowest BCUT2D eigenvalue weighted by atomic mass is 10.4. The molecule has 1 aromatic rings. The lowest BCUT2D eigenvalue weighted by molar-refractivity contribution is 0.167. The topological polar surface area (TPSA) is 77.8 Å². The van der Waals surface area contributed by atoms with E-state index in [1.54, 1.807) is 6.92 Å². The fraction of sp³-hybridized carbons (Fsp3) is 0.333. The minimum Gasteiger partial charge on any atom is -0.496 e. The maximum atomic E-state index is 11.0. The lowest BCUT2D eigenvalue weighted by Crippen LogP contribution is -2.14. The molecule has 0 aromatic carbocycles. The molecule has 1 aromatic heterocycles. The van der Waals surface area contributed by atoms with E-state index in [1.165, 1.54) is 13.2 Å². The fourth-order valence-electron chi connectivity index (χ4n) is 0.902. The summed E-state index contributed by atoms with van der Waals surface area (Å²) in [6.07, 6.45) is -0.686. The Labute approximate surface area is 85.8 Å². The molecular weight excluding hydrogens is 202 g/mol. The molecule has 1 heterocycles. The average molecular weight is 213 g/mol. The number of hydrogen-bond acceptors (Lipinski definition) is 5. The van der Waals surface area contributed by atoms with Gasteiger partial charge in [0.05, 0.1) is 19.8 Å². The van der Waals surface area contributed by atoms with E-state index >= 15 is 0 Å².